The van der Waals surface area contributed by atoms with Gasteiger partial charge in [-0.2, -0.15) is 0 Å². The molecule has 7 heteroatoms. The Kier molecular flexibility index (Phi) is 8.31. The van der Waals surface area contributed by atoms with Crippen LogP contribution in [0.25, 0.3) is 0 Å². The molecule has 0 saturated carbocycles. The van der Waals surface area contributed by atoms with Gasteiger partial charge in [0.1, 0.15) is 5.75 Å². The predicted molar refractivity (Wildman–Crippen MR) is 113 cm³/mol. The van der Waals surface area contributed by atoms with Crippen LogP contribution >= 0.6 is 0 Å². The summed E-state index contributed by atoms with van der Waals surface area (Å²) in [5.41, 5.74) is 0.609. The number of likely N-dealkylation sites (tertiary alicyclic amines) is 1. The number of rotatable bonds is 8. The molecule has 0 atom stereocenters. The smallest absolute Gasteiger partial charge is 0.254 e. The van der Waals surface area contributed by atoms with Crippen LogP contribution in [0.4, 0.5) is 0 Å². The summed E-state index contributed by atoms with van der Waals surface area (Å²) >= 11 is 0. The van der Waals surface area contributed by atoms with E-state index >= 15 is 0 Å². The van der Waals surface area contributed by atoms with Crippen LogP contribution in [-0.4, -0.2) is 92.5 Å². The summed E-state index contributed by atoms with van der Waals surface area (Å²) in [4.78, 5) is 31.9. The van der Waals surface area contributed by atoms with Crippen LogP contribution in [0.1, 0.15) is 36.0 Å². The molecule has 7 nitrogen and oxygen atoms in total. The minimum atomic E-state index is -0.0333. The Morgan fingerprint density at radius 3 is 2.55 bits per heavy atom. The molecule has 2 fully saturated rings. The maximum atomic E-state index is 13.2. The molecule has 0 unspecified atom stereocenters. The molecular formula is C22H34N4O3. The summed E-state index contributed by atoms with van der Waals surface area (Å²) < 4.78 is 5.27. The minimum absolute atomic E-state index is 0.0333. The molecule has 160 valence electrons. The van der Waals surface area contributed by atoms with E-state index in [1.165, 1.54) is 19.3 Å². The van der Waals surface area contributed by atoms with Gasteiger partial charge in [0.2, 0.25) is 5.91 Å². The Labute approximate surface area is 174 Å². The SMILES string of the molecule is COc1cccc(C(=O)N(CCC(=O)N2CCNCC2)CCN2CCCCC2)c1. The van der Waals surface area contributed by atoms with Crippen LogP contribution in [0.3, 0.4) is 0 Å². The second-order valence-corrected chi connectivity index (χ2v) is 7.81. The second kappa shape index (κ2) is 11.2. The topological polar surface area (TPSA) is 65.1 Å². The van der Waals surface area contributed by atoms with Gasteiger partial charge in [-0.3, -0.25) is 9.59 Å². The number of benzene rings is 1. The van der Waals surface area contributed by atoms with Gasteiger partial charge >= 0.3 is 0 Å². The lowest BCUT2D eigenvalue weighted by molar-refractivity contribution is -0.131. The van der Waals surface area contributed by atoms with Crippen molar-refractivity contribution in [2.24, 2.45) is 0 Å². The molecule has 29 heavy (non-hydrogen) atoms. The molecule has 0 radical (unpaired) electrons. The van der Waals surface area contributed by atoms with Crippen LogP contribution in [-0.2, 0) is 4.79 Å². The molecule has 2 saturated heterocycles. The van der Waals surface area contributed by atoms with Crippen molar-refractivity contribution in [2.75, 3.05) is 66.0 Å². The predicted octanol–water partition coefficient (Wildman–Crippen LogP) is 1.45. The lowest BCUT2D eigenvalue weighted by Gasteiger charge is -2.31. The molecule has 0 spiro atoms. The van der Waals surface area contributed by atoms with Crippen molar-refractivity contribution < 1.29 is 14.3 Å². The highest BCUT2D eigenvalue weighted by atomic mass is 16.5. The van der Waals surface area contributed by atoms with Gasteiger partial charge in [-0.05, 0) is 44.1 Å². The number of amides is 2. The van der Waals surface area contributed by atoms with Gasteiger partial charge in [0, 0.05) is 57.8 Å². The molecule has 1 aromatic carbocycles. The number of nitrogens with zero attached hydrogens (tertiary/aromatic N) is 3. The van der Waals surface area contributed by atoms with Crippen LogP contribution in [0.15, 0.2) is 24.3 Å². The quantitative estimate of drug-likeness (QED) is 0.713. The molecule has 2 aliphatic rings. The number of carbonyl (C=O) groups excluding carboxylic acids is 2. The average molecular weight is 403 g/mol. The summed E-state index contributed by atoms with van der Waals surface area (Å²) in [7, 11) is 1.60. The molecule has 0 aliphatic carbocycles. The zero-order chi connectivity index (χ0) is 20.5. The highest BCUT2D eigenvalue weighted by Gasteiger charge is 2.22. The number of ether oxygens (including phenoxy) is 1. The number of piperidine rings is 1. The normalized spacial score (nSPS) is 17.8. The molecule has 1 N–H and O–H groups in total. The van der Waals surface area contributed by atoms with E-state index in [4.69, 9.17) is 4.74 Å². The van der Waals surface area contributed by atoms with E-state index in [0.717, 1.165) is 45.8 Å². The van der Waals surface area contributed by atoms with Crippen molar-refractivity contribution in [3.63, 3.8) is 0 Å². The van der Waals surface area contributed by atoms with Crippen molar-refractivity contribution in [1.82, 2.24) is 20.0 Å². The van der Waals surface area contributed by atoms with Crippen molar-refractivity contribution in [2.45, 2.75) is 25.7 Å². The first-order valence-corrected chi connectivity index (χ1v) is 10.8. The van der Waals surface area contributed by atoms with Gasteiger partial charge in [0.25, 0.3) is 5.91 Å². The maximum absolute atomic E-state index is 13.2. The maximum Gasteiger partial charge on any atom is 0.254 e. The monoisotopic (exact) mass is 402 g/mol. The number of nitrogens with one attached hydrogen (secondary N) is 1. The Hall–Kier alpha value is -2.12. The van der Waals surface area contributed by atoms with E-state index in [2.05, 4.69) is 10.2 Å². The Bertz CT molecular complexity index is 670. The molecule has 3 rings (SSSR count). The first-order valence-electron chi connectivity index (χ1n) is 10.8. The second-order valence-electron chi connectivity index (χ2n) is 7.81. The zero-order valence-corrected chi connectivity index (χ0v) is 17.6. The highest BCUT2D eigenvalue weighted by Crippen LogP contribution is 2.16. The lowest BCUT2D eigenvalue weighted by Crippen LogP contribution is -2.47. The summed E-state index contributed by atoms with van der Waals surface area (Å²) in [6, 6.07) is 7.26. The van der Waals surface area contributed by atoms with Crippen LogP contribution < -0.4 is 10.1 Å². The van der Waals surface area contributed by atoms with Crippen LogP contribution in [0, 0.1) is 0 Å². The summed E-state index contributed by atoms with van der Waals surface area (Å²) in [6.07, 6.45) is 4.12. The third kappa shape index (κ3) is 6.44. The molecule has 2 amide bonds. The summed E-state index contributed by atoms with van der Waals surface area (Å²) in [5, 5.41) is 3.27. The fourth-order valence-corrected chi connectivity index (χ4v) is 4.00. The lowest BCUT2D eigenvalue weighted by atomic mass is 10.1. The number of piperazine rings is 1. The van der Waals surface area contributed by atoms with Gasteiger partial charge in [0.05, 0.1) is 7.11 Å². The van der Waals surface area contributed by atoms with Crippen LogP contribution in [0.2, 0.25) is 0 Å². The van der Waals surface area contributed by atoms with Crippen molar-refractivity contribution in [1.29, 1.82) is 0 Å². The fourth-order valence-electron chi connectivity index (χ4n) is 4.00. The molecule has 0 bridgehead atoms. The largest absolute Gasteiger partial charge is 0.497 e. The van der Waals surface area contributed by atoms with E-state index in [1.807, 2.05) is 28.0 Å². The highest BCUT2D eigenvalue weighted by molar-refractivity contribution is 5.95. The average Bonchev–Trinajstić information content (AvgIpc) is 2.79. The van der Waals surface area contributed by atoms with Gasteiger partial charge in [0.15, 0.2) is 0 Å². The number of hydrogen-bond donors (Lipinski definition) is 1. The van der Waals surface area contributed by atoms with Gasteiger partial charge < -0.3 is 24.8 Å². The summed E-state index contributed by atoms with van der Waals surface area (Å²) in [5.74, 6) is 0.769. The molecule has 1 aromatic rings. The molecular weight excluding hydrogens is 368 g/mol. The Morgan fingerprint density at radius 2 is 1.83 bits per heavy atom. The van der Waals surface area contributed by atoms with E-state index < -0.39 is 0 Å². The number of hydrogen-bond acceptors (Lipinski definition) is 5. The van der Waals surface area contributed by atoms with Gasteiger partial charge in [-0.15, -0.1) is 0 Å². The zero-order valence-electron chi connectivity index (χ0n) is 17.6. The van der Waals surface area contributed by atoms with Gasteiger partial charge in [-0.1, -0.05) is 12.5 Å². The summed E-state index contributed by atoms with van der Waals surface area (Å²) in [6.45, 7) is 7.32. The fraction of sp³-hybridized carbons (Fsp3) is 0.636. The van der Waals surface area contributed by atoms with E-state index in [1.54, 1.807) is 13.2 Å². The van der Waals surface area contributed by atoms with Crippen LogP contribution in [0.5, 0.6) is 5.75 Å². The standard InChI is InChI=1S/C22H34N4O3/c1-29-20-7-5-6-19(18-20)22(28)26(17-16-24-11-3-2-4-12-24)13-8-21(27)25-14-9-23-10-15-25/h5-7,18,23H,2-4,8-17H2,1H3. The van der Waals surface area contributed by atoms with E-state index in [9.17, 15) is 9.59 Å². The van der Waals surface area contributed by atoms with E-state index in [-0.39, 0.29) is 11.8 Å². The molecule has 2 heterocycles. The van der Waals surface area contributed by atoms with Crippen molar-refractivity contribution >= 4 is 11.8 Å². The third-order valence-corrected chi connectivity index (χ3v) is 5.80. The molecule has 2 aliphatic heterocycles. The van der Waals surface area contributed by atoms with Crippen molar-refractivity contribution in [3.8, 4) is 5.75 Å². The first-order chi connectivity index (χ1) is 14.2. The van der Waals surface area contributed by atoms with Crippen molar-refractivity contribution in [3.05, 3.63) is 29.8 Å². The molecule has 0 aromatic heterocycles. The van der Waals surface area contributed by atoms with E-state index in [0.29, 0.717) is 30.8 Å². The first kappa shape index (κ1) is 21.6. The Morgan fingerprint density at radius 1 is 1.07 bits per heavy atom. The minimum Gasteiger partial charge on any atom is -0.497 e. The number of carbonyl (C=O) groups is 2. The third-order valence-electron chi connectivity index (χ3n) is 5.80. The van der Waals surface area contributed by atoms with Gasteiger partial charge in [-0.25, -0.2) is 0 Å². The number of methoxy groups -OCH3 is 1. The Balaban J connectivity index is 1.62.